The van der Waals surface area contributed by atoms with E-state index in [-0.39, 0.29) is 12.5 Å². The molecule has 0 aliphatic carbocycles. The van der Waals surface area contributed by atoms with Gasteiger partial charge >= 0.3 is 0 Å². The molecule has 92 valence electrons. The van der Waals surface area contributed by atoms with Crippen molar-refractivity contribution < 1.29 is 9.90 Å². The van der Waals surface area contributed by atoms with E-state index in [0.29, 0.717) is 17.4 Å². The molecule has 1 aliphatic heterocycles. The molecule has 0 fully saturated rings. The zero-order chi connectivity index (χ0) is 12.4. The van der Waals surface area contributed by atoms with Gasteiger partial charge in [0.1, 0.15) is 0 Å². The molecule has 1 atom stereocenters. The number of benzene rings is 1. The SMILES string of the molecule is CC(CCO)Sc1cc2c(cc1N)CC(=O)N2. The molecule has 4 nitrogen and oxygen atoms in total. The molecule has 1 aromatic carbocycles. The summed E-state index contributed by atoms with van der Waals surface area (Å²) in [4.78, 5) is 12.2. The minimum absolute atomic E-state index is 0.0185. The van der Waals surface area contributed by atoms with Crippen LogP contribution in [0.25, 0.3) is 0 Å². The molecule has 0 bridgehead atoms. The van der Waals surface area contributed by atoms with Crippen LogP contribution >= 0.6 is 11.8 Å². The van der Waals surface area contributed by atoms with Crippen LogP contribution in [0.2, 0.25) is 0 Å². The van der Waals surface area contributed by atoms with Gasteiger partial charge in [0.15, 0.2) is 0 Å². The number of aliphatic hydroxyl groups excluding tert-OH is 1. The molecular formula is C12H16N2O2S. The summed E-state index contributed by atoms with van der Waals surface area (Å²) < 4.78 is 0. The summed E-state index contributed by atoms with van der Waals surface area (Å²) in [6, 6.07) is 3.79. The van der Waals surface area contributed by atoms with Gasteiger partial charge < -0.3 is 16.2 Å². The maximum atomic E-state index is 11.3. The lowest BCUT2D eigenvalue weighted by atomic mass is 10.1. The number of carbonyl (C=O) groups excluding carboxylic acids is 1. The number of thioether (sulfide) groups is 1. The number of carbonyl (C=O) groups is 1. The predicted molar refractivity (Wildman–Crippen MR) is 70.2 cm³/mol. The number of nitrogens with one attached hydrogen (secondary N) is 1. The molecule has 0 radical (unpaired) electrons. The first-order valence-corrected chi connectivity index (χ1v) is 6.48. The highest BCUT2D eigenvalue weighted by Gasteiger charge is 2.20. The number of fused-ring (bicyclic) bond motifs is 1. The number of rotatable bonds is 4. The Hall–Kier alpha value is -1.20. The second kappa shape index (κ2) is 4.98. The normalized spacial score (nSPS) is 15.5. The van der Waals surface area contributed by atoms with Gasteiger partial charge in [-0.3, -0.25) is 4.79 Å². The van der Waals surface area contributed by atoms with Crippen molar-refractivity contribution in [3.8, 4) is 0 Å². The number of hydrogen-bond acceptors (Lipinski definition) is 4. The van der Waals surface area contributed by atoms with E-state index >= 15 is 0 Å². The number of nitrogens with two attached hydrogens (primary N) is 1. The molecule has 1 heterocycles. The van der Waals surface area contributed by atoms with Crippen LogP contribution in [0.4, 0.5) is 11.4 Å². The number of aliphatic hydroxyl groups is 1. The molecule has 1 unspecified atom stereocenters. The molecule has 4 N–H and O–H groups in total. The van der Waals surface area contributed by atoms with Crippen molar-refractivity contribution in [2.75, 3.05) is 17.7 Å². The highest BCUT2D eigenvalue weighted by Crippen LogP contribution is 2.36. The van der Waals surface area contributed by atoms with Gasteiger partial charge in [-0.25, -0.2) is 0 Å². The van der Waals surface area contributed by atoms with Gasteiger partial charge in [0, 0.05) is 28.1 Å². The Morgan fingerprint density at radius 3 is 3.06 bits per heavy atom. The van der Waals surface area contributed by atoms with Crippen LogP contribution in [0.3, 0.4) is 0 Å². The van der Waals surface area contributed by atoms with E-state index in [9.17, 15) is 4.79 Å². The van der Waals surface area contributed by atoms with Crippen molar-refractivity contribution in [1.29, 1.82) is 0 Å². The predicted octanol–water partition coefficient (Wildman–Crippen LogP) is 1.63. The summed E-state index contributed by atoms with van der Waals surface area (Å²) in [5.74, 6) is 0.0185. The third-order valence-corrected chi connectivity index (χ3v) is 3.97. The largest absolute Gasteiger partial charge is 0.398 e. The molecule has 5 heteroatoms. The van der Waals surface area contributed by atoms with Crippen molar-refractivity contribution in [1.82, 2.24) is 0 Å². The maximum Gasteiger partial charge on any atom is 0.228 e. The third kappa shape index (κ3) is 2.73. The Morgan fingerprint density at radius 2 is 2.35 bits per heavy atom. The lowest BCUT2D eigenvalue weighted by molar-refractivity contribution is -0.115. The zero-order valence-corrected chi connectivity index (χ0v) is 10.5. The van der Waals surface area contributed by atoms with Crippen LogP contribution in [0.15, 0.2) is 17.0 Å². The van der Waals surface area contributed by atoms with Crippen molar-refractivity contribution in [3.63, 3.8) is 0 Å². The molecule has 1 aromatic rings. The summed E-state index contributed by atoms with van der Waals surface area (Å²) in [5.41, 5.74) is 8.49. The fourth-order valence-corrected chi connectivity index (χ4v) is 2.87. The first-order chi connectivity index (χ1) is 8.10. The van der Waals surface area contributed by atoms with Crippen molar-refractivity contribution in [2.24, 2.45) is 0 Å². The molecule has 0 aromatic heterocycles. The Labute approximate surface area is 105 Å². The Kier molecular flexibility index (Phi) is 3.59. The second-order valence-corrected chi connectivity index (χ2v) is 5.69. The van der Waals surface area contributed by atoms with Gasteiger partial charge in [0.2, 0.25) is 5.91 Å². The zero-order valence-electron chi connectivity index (χ0n) is 9.69. The summed E-state index contributed by atoms with van der Waals surface area (Å²) >= 11 is 1.63. The first-order valence-electron chi connectivity index (χ1n) is 5.60. The molecule has 2 rings (SSSR count). The van der Waals surface area contributed by atoms with Gasteiger partial charge in [-0.1, -0.05) is 6.92 Å². The number of hydrogen-bond donors (Lipinski definition) is 3. The van der Waals surface area contributed by atoms with Crippen LogP contribution in [0, 0.1) is 0 Å². The van der Waals surface area contributed by atoms with Crippen LogP contribution in [0.5, 0.6) is 0 Å². The number of anilines is 2. The third-order valence-electron chi connectivity index (χ3n) is 2.72. The highest BCUT2D eigenvalue weighted by atomic mass is 32.2. The maximum absolute atomic E-state index is 11.3. The Bertz CT molecular complexity index is 448. The van der Waals surface area contributed by atoms with Crippen LogP contribution in [-0.4, -0.2) is 22.9 Å². The van der Waals surface area contributed by atoms with E-state index in [0.717, 1.165) is 22.6 Å². The minimum Gasteiger partial charge on any atom is -0.398 e. The van der Waals surface area contributed by atoms with Crippen LogP contribution in [-0.2, 0) is 11.2 Å². The lowest BCUT2D eigenvalue weighted by Gasteiger charge is -2.13. The molecule has 0 saturated carbocycles. The van der Waals surface area contributed by atoms with E-state index in [1.165, 1.54) is 0 Å². The first kappa shape index (κ1) is 12.3. The quantitative estimate of drug-likeness (QED) is 0.562. The van der Waals surface area contributed by atoms with Crippen molar-refractivity contribution >= 4 is 29.0 Å². The smallest absolute Gasteiger partial charge is 0.228 e. The van der Waals surface area contributed by atoms with Crippen LogP contribution in [0.1, 0.15) is 18.9 Å². The fraction of sp³-hybridized carbons (Fsp3) is 0.417. The Morgan fingerprint density at radius 1 is 1.59 bits per heavy atom. The molecular weight excluding hydrogens is 236 g/mol. The van der Waals surface area contributed by atoms with E-state index in [1.807, 2.05) is 19.1 Å². The van der Waals surface area contributed by atoms with Crippen molar-refractivity contribution in [2.45, 2.75) is 29.9 Å². The van der Waals surface area contributed by atoms with Gasteiger partial charge in [-0.05, 0) is 24.1 Å². The van der Waals surface area contributed by atoms with Crippen LogP contribution < -0.4 is 11.1 Å². The molecule has 1 aliphatic rings. The molecule has 1 amide bonds. The molecule has 0 spiro atoms. The van der Waals surface area contributed by atoms with Gasteiger partial charge in [-0.15, -0.1) is 11.8 Å². The van der Waals surface area contributed by atoms with E-state index in [2.05, 4.69) is 5.32 Å². The number of amides is 1. The summed E-state index contributed by atoms with van der Waals surface area (Å²) in [6.07, 6.45) is 1.14. The lowest BCUT2D eigenvalue weighted by Crippen LogP contribution is -2.03. The topological polar surface area (TPSA) is 75.3 Å². The van der Waals surface area contributed by atoms with Gasteiger partial charge in [-0.2, -0.15) is 0 Å². The summed E-state index contributed by atoms with van der Waals surface area (Å²) in [5, 5.41) is 12.0. The highest BCUT2D eigenvalue weighted by molar-refractivity contribution is 8.00. The summed E-state index contributed by atoms with van der Waals surface area (Å²) in [7, 11) is 0. The summed E-state index contributed by atoms with van der Waals surface area (Å²) in [6.45, 7) is 2.22. The van der Waals surface area contributed by atoms with E-state index < -0.39 is 0 Å². The standard InChI is InChI=1S/C12H16N2O2S/c1-7(2-3-15)17-11-6-10-8(4-9(11)13)5-12(16)14-10/h4,6-7,15H,2-3,5,13H2,1H3,(H,14,16). The van der Waals surface area contributed by atoms with Gasteiger partial charge in [0.05, 0.1) is 6.42 Å². The van der Waals surface area contributed by atoms with Gasteiger partial charge in [0.25, 0.3) is 0 Å². The number of nitrogen functional groups attached to an aromatic ring is 1. The Balaban J connectivity index is 2.19. The average Bonchev–Trinajstić information content (AvgIpc) is 2.58. The molecule has 0 saturated heterocycles. The van der Waals surface area contributed by atoms with E-state index in [1.54, 1.807) is 11.8 Å². The fourth-order valence-electron chi connectivity index (χ4n) is 1.83. The minimum atomic E-state index is 0.0185. The monoisotopic (exact) mass is 252 g/mol. The molecule has 17 heavy (non-hydrogen) atoms. The average molecular weight is 252 g/mol. The second-order valence-electron chi connectivity index (χ2n) is 4.21. The van der Waals surface area contributed by atoms with Crippen molar-refractivity contribution in [3.05, 3.63) is 17.7 Å². The van der Waals surface area contributed by atoms with E-state index in [4.69, 9.17) is 10.8 Å².